The molecule has 0 spiro atoms. The van der Waals surface area contributed by atoms with E-state index in [4.69, 9.17) is 11.6 Å². The van der Waals surface area contributed by atoms with E-state index in [-0.39, 0.29) is 17.8 Å². The number of pyridine rings is 1. The Bertz CT molecular complexity index is 771. The Kier molecular flexibility index (Phi) is 5.81. The molecule has 0 bridgehead atoms. The summed E-state index contributed by atoms with van der Waals surface area (Å²) in [6, 6.07) is 5.30. The maximum absolute atomic E-state index is 13.6. The van der Waals surface area contributed by atoms with Gasteiger partial charge in [-0.25, -0.2) is 8.78 Å². The van der Waals surface area contributed by atoms with Gasteiger partial charge in [-0.2, -0.15) is 0 Å². The van der Waals surface area contributed by atoms with Gasteiger partial charge in [0.1, 0.15) is 17.3 Å². The summed E-state index contributed by atoms with van der Waals surface area (Å²) in [5.74, 6) is -2.54. The minimum atomic E-state index is -0.755. The number of carbonyl (C=O) groups excluding carboxylic acids is 2. The van der Waals surface area contributed by atoms with Crippen molar-refractivity contribution < 1.29 is 18.4 Å². The first-order valence-corrected chi connectivity index (χ1v) is 7.38. The molecular formula is C16H14ClF2N3O2. The topological polar surface area (TPSA) is 71.1 Å². The monoisotopic (exact) mass is 353 g/mol. The molecule has 1 heterocycles. The van der Waals surface area contributed by atoms with Crippen molar-refractivity contribution in [3.05, 3.63) is 64.4 Å². The lowest BCUT2D eigenvalue weighted by molar-refractivity contribution is -0.120. The van der Waals surface area contributed by atoms with Crippen LogP contribution in [0.3, 0.4) is 0 Å². The Morgan fingerprint density at radius 3 is 2.67 bits per heavy atom. The van der Waals surface area contributed by atoms with Crippen LogP contribution >= 0.6 is 11.6 Å². The van der Waals surface area contributed by atoms with E-state index in [0.29, 0.717) is 5.02 Å². The van der Waals surface area contributed by atoms with Crippen molar-refractivity contribution in [1.82, 2.24) is 15.6 Å². The highest BCUT2D eigenvalue weighted by Crippen LogP contribution is 2.17. The molecule has 2 N–H and O–H groups in total. The van der Waals surface area contributed by atoms with E-state index in [2.05, 4.69) is 15.6 Å². The molecule has 126 valence electrons. The average Bonchev–Trinajstić information content (AvgIpc) is 2.52. The molecule has 0 fully saturated rings. The number of benzene rings is 1. The van der Waals surface area contributed by atoms with Crippen LogP contribution in [0.4, 0.5) is 8.78 Å². The molecule has 1 aromatic carbocycles. The number of amides is 2. The molecule has 5 nitrogen and oxygen atoms in total. The molecule has 2 amide bonds. The maximum atomic E-state index is 13.6. The van der Waals surface area contributed by atoms with Crippen molar-refractivity contribution in [1.29, 1.82) is 0 Å². The third-order valence-corrected chi connectivity index (χ3v) is 3.41. The first-order chi connectivity index (χ1) is 11.4. The zero-order valence-corrected chi connectivity index (χ0v) is 13.4. The molecule has 0 aliphatic carbocycles. The highest BCUT2D eigenvalue weighted by atomic mass is 35.5. The zero-order valence-electron chi connectivity index (χ0n) is 12.6. The van der Waals surface area contributed by atoms with Crippen LogP contribution in [-0.2, 0) is 4.79 Å². The van der Waals surface area contributed by atoms with Gasteiger partial charge in [-0.3, -0.25) is 14.6 Å². The average molecular weight is 354 g/mol. The molecule has 0 saturated heterocycles. The van der Waals surface area contributed by atoms with Gasteiger partial charge in [0.2, 0.25) is 5.91 Å². The quantitative estimate of drug-likeness (QED) is 0.868. The normalized spacial score (nSPS) is 11.7. The zero-order chi connectivity index (χ0) is 17.7. The van der Waals surface area contributed by atoms with Gasteiger partial charge >= 0.3 is 0 Å². The molecule has 1 atom stereocenters. The van der Waals surface area contributed by atoms with Gasteiger partial charge < -0.3 is 10.6 Å². The smallest absolute Gasteiger partial charge is 0.270 e. The minimum absolute atomic E-state index is 0.0768. The largest absolute Gasteiger partial charge is 0.348 e. The van der Waals surface area contributed by atoms with Gasteiger partial charge in [-0.1, -0.05) is 17.7 Å². The predicted molar refractivity (Wildman–Crippen MR) is 84.5 cm³/mol. The van der Waals surface area contributed by atoms with E-state index < -0.39 is 29.5 Å². The molecule has 0 aliphatic heterocycles. The van der Waals surface area contributed by atoms with Gasteiger partial charge in [0.05, 0.1) is 12.6 Å². The highest BCUT2D eigenvalue weighted by molar-refractivity contribution is 6.30. The fraction of sp³-hybridized carbons (Fsp3) is 0.188. The van der Waals surface area contributed by atoms with Crippen LogP contribution in [0.25, 0.3) is 0 Å². The molecule has 1 aromatic heterocycles. The van der Waals surface area contributed by atoms with E-state index >= 15 is 0 Å². The lowest BCUT2D eigenvalue weighted by Crippen LogP contribution is -2.38. The van der Waals surface area contributed by atoms with E-state index in [9.17, 15) is 18.4 Å². The summed E-state index contributed by atoms with van der Waals surface area (Å²) >= 11 is 5.75. The summed E-state index contributed by atoms with van der Waals surface area (Å²) in [5.41, 5.74) is 0.223. The van der Waals surface area contributed by atoms with E-state index in [0.717, 1.165) is 12.1 Å². The Morgan fingerprint density at radius 2 is 2.00 bits per heavy atom. The fourth-order valence-electron chi connectivity index (χ4n) is 2.00. The SMILES string of the molecule is C[C@H](NC(=O)CNC(=O)c1cc(Cl)ccn1)c1ccc(F)cc1F. The summed E-state index contributed by atoms with van der Waals surface area (Å²) in [7, 11) is 0. The first kappa shape index (κ1) is 17.8. The van der Waals surface area contributed by atoms with Crippen LogP contribution in [-0.4, -0.2) is 23.3 Å². The van der Waals surface area contributed by atoms with Crippen molar-refractivity contribution in [3.63, 3.8) is 0 Å². The van der Waals surface area contributed by atoms with Gasteiger partial charge in [0.15, 0.2) is 0 Å². The maximum Gasteiger partial charge on any atom is 0.270 e. The van der Waals surface area contributed by atoms with Gasteiger partial charge in [0.25, 0.3) is 5.91 Å². The lowest BCUT2D eigenvalue weighted by atomic mass is 10.1. The third kappa shape index (κ3) is 4.73. The molecule has 0 unspecified atom stereocenters. The van der Waals surface area contributed by atoms with Crippen molar-refractivity contribution >= 4 is 23.4 Å². The summed E-state index contributed by atoms with van der Waals surface area (Å²) in [4.78, 5) is 27.5. The van der Waals surface area contributed by atoms with Crippen molar-refractivity contribution in [2.45, 2.75) is 13.0 Å². The Hall–Kier alpha value is -2.54. The van der Waals surface area contributed by atoms with Crippen molar-refractivity contribution in [3.8, 4) is 0 Å². The molecule has 8 heteroatoms. The number of hydrogen-bond donors (Lipinski definition) is 2. The fourth-order valence-corrected chi connectivity index (χ4v) is 2.16. The lowest BCUT2D eigenvalue weighted by Gasteiger charge is -2.15. The molecular weight excluding hydrogens is 340 g/mol. The number of carbonyl (C=O) groups is 2. The molecule has 2 rings (SSSR count). The number of aromatic nitrogens is 1. The summed E-state index contributed by atoms with van der Waals surface area (Å²) < 4.78 is 26.5. The molecule has 0 saturated carbocycles. The van der Waals surface area contributed by atoms with Gasteiger partial charge in [0, 0.05) is 22.8 Å². The second-order valence-electron chi connectivity index (χ2n) is 5.00. The van der Waals surface area contributed by atoms with Gasteiger partial charge in [-0.05, 0) is 25.1 Å². The molecule has 0 aliphatic rings. The standard InChI is InChI=1S/C16H14ClF2N3O2/c1-9(12-3-2-11(18)7-13(12)19)22-15(23)8-21-16(24)14-6-10(17)4-5-20-14/h2-7,9H,8H2,1H3,(H,21,24)(H,22,23)/t9-/m0/s1. The van der Waals surface area contributed by atoms with Crippen molar-refractivity contribution in [2.75, 3.05) is 6.54 Å². The van der Waals surface area contributed by atoms with Crippen LogP contribution in [0, 0.1) is 11.6 Å². The molecule has 24 heavy (non-hydrogen) atoms. The predicted octanol–water partition coefficient (Wildman–Crippen LogP) is 2.62. The van der Waals surface area contributed by atoms with Crippen LogP contribution in [0.5, 0.6) is 0 Å². The van der Waals surface area contributed by atoms with E-state index in [1.165, 1.54) is 24.4 Å². The van der Waals surface area contributed by atoms with Crippen LogP contribution in [0.2, 0.25) is 5.02 Å². The number of hydrogen-bond acceptors (Lipinski definition) is 3. The minimum Gasteiger partial charge on any atom is -0.348 e. The summed E-state index contributed by atoms with van der Waals surface area (Å²) in [5, 5.41) is 5.24. The Labute approximate surface area is 142 Å². The third-order valence-electron chi connectivity index (χ3n) is 3.17. The number of rotatable bonds is 5. The first-order valence-electron chi connectivity index (χ1n) is 7.01. The number of nitrogens with zero attached hydrogens (tertiary/aromatic N) is 1. The highest BCUT2D eigenvalue weighted by Gasteiger charge is 2.15. The van der Waals surface area contributed by atoms with Crippen molar-refractivity contribution in [2.24, 2.45) is 0 Å². The summed E-state index contributed by atoms with van der Waals surface area (Å²) in [6.45, 7) is 1.23. The Balaban J connectivity index is 1.90. The molecule has 2 aromatic rings. The van der Waals surface area contributed by atoms with E-state index in [1.807, 2.05) is 0 Å². The van der Waals surface area contributed by atoms with Gasteiger partial charge in [-0.15, -0.1) is 0 Å². The van der Waals surface area contributed by atoms with Crippen LogP contribution < -0.4 is 10.6 Å². The second-order valence-corrected chi connectivity index (χ2v) is 5.43. The number of nitrogens with one attached hydrogen (secondary N) is 2. The second kappa shape index (κ2) is 7.83. The summed E-state index contributed by atoms with van der Waals surface area (Å²) in [6.07, 6.45) is 1.37. The number of halogens is 3. The Morgan fingerprint density at radius 1 is 1.25 bits per heavy atom. The van der Waals surface area contributed by atoms with Crippen LogP contribution in [0.1, 0.15) is 29.0 Å². The van der Waals surface area contributed by atoms with E-state index in [1.54, 1.807) is 6.92 Å². The van der Waals surface area contributed by atoms with Crippen LogP contribution in [0.15, 0.2) is 36.5 Å². The molecule has 0 radical (unpaired) electrons.